The molecular formula is C15H15F2N3O. The van der Waals surface area contributed by atoms with E-state index in [1.807, 2.05) is 26.8 Å². The van der Waals surface area contributed by atoms with E-state index in [1.54, 1.807) is 4.57 Å². The Balaban J connectivity index is 2.24. The predicted molar refractivity (Wildman–Crippen MR) is 76.1 cm³/mol. The van der Waals surface area contributed by atoms with E-state index >= 15 is 0 Å². The second-order valence-corrected chi connectivity index (χ2v) is 5.14. The summed E-state index contributed by atoms with van der Waals surface area (Å²) in [4.78, 5) is 4.01. The lowest BCUT2D eigenvalue weighted by atomic mass is 10.1. The average molecular weight is 291 g/mol. The Kier molecular flexibility index (Phi) is 2.97. The summed E-state index contributed by atoms with van der Waals surface area (Å²) in [5, 5.41) is 0. The van der Waals surface area contributed by atoms with Crippen LogP contribution >= 0.6 is 0 Å². The number of benzene rings is 1. The number of nitrogen functional groups attached to an aromatic ring is 1. The first-order valence-corrected chi connectivity index (χ1v) is 6.58. The quantitative estimate of drug-likeness (QED) is 0.783. The summed E-state index contributed by atoms with van der Waals surface area (Å²) in [6.45, 7) is 5.57. The topological polar surface area (TPSA) is 57.0 Å². The number of anilines is 1. The van der Waals surface area contributed by atoms with Gasteiger partial charge in [-0.2, -0.15) is 0 Å². The number of hydrogen-bond donors (Lipinski definition) is 1. The lowest BCUT2D eigenvalue weighted by Crippen LogP contribution is -2.10. The van der Waals surface area contributed by atoms with Gasteiger partial charge in [0.15, 0.2) is 5.82 Å². The van der Waals surface area contributed by atoms with Gasteiger partial charge in [-0.05, 0) is 26.8 Å². The smallest absolute Gasteiger partial charge is 0.201 e. The lowest BCUT2D eigenvalue weighted by Gasteiger charge is -2.15. The first-order chi connectivity index (χ1) is 9.88. The second kappa shape index (κ2) is 4.58. The van der Waals surface area contributed by atoms with E-state index in [0.29, 0.717) is 5.52 Å². The van der Waals surface area contributed by atoms with E-state index in [-0.39, 0.29) is 17.5 Å². The molecule has 1 aromatic carbocycles. The maximum Gasteiger partial charge on any atom is 0.201 e. The number of fused-ring (bicyclic) bond motifs is 1. The van der Waals surface area contributed by atoms with Crippen molar-refractivity contribution in [3.05, 3.63) is 46.9 Å². The fraction of sp³-hybridized carbons (Fsp3) is 0.267. The number of rotatable bonds is 2. The number of nitrogens with zero attached hydrogens (tertiary/aromatic N) is 2. The van der Waals surface area contributed by atoms with Crippen LogP contribution in [0.25, 0.3) is 11.0 Å². The zero-order chi connectivity index (χ0) is 15.3. The molecule has 3 rings (SSSR count). The van der Waals surface area contributed by atoms with Gasteiger partial charge in [-0.25, -0.2) is 13.8 Å². The van der Waals surface area contributed by atoms with Crippen molar-refractivity contribution in [2.24, 2.45) is 0 Å². The lowest BCUT2D eigenvalue weighted by molar-refractivity contribution is 0.495. The maximum atomic E-state index is 13.8. The van der Waals surface area contributed by atoms with Gasteiger partial charge in [0.05, 0.1) is 11.6 Å². The van der Waals surface area contributed by atoms with Crippen molar-refractivity contribution >= 4 is 17.0 Å². The zero-order valence-corrected chi connectivity index (χ0v) is 11.9. The van der Waals surface area contributed by atoms with Gasteiger partial charge in [0, 0.05) is 17.7 Å². The Labute approximate surface area is 120 Å². The third-order valence-corrected chi connectivity index (χ3v) is 3.66. The summed E-state index contributed by atoms with van der Waals surface area (Å²) in [5.74, 6) is 0.282. The fourth-order valence-electron chi connectivity index (χ4n) is 2.75. The molecule has 0 aliphatic heterocycles. The molecule has 1 atom stereocenters. The molecule has 110 valence electrons. The van der Waals surface area contributed by atoms with E-state index in [2.05, 4.69) is 4.98 Å². The van der Waals surface area contributed by atoms with Gasteiger partial charge in [-0.3, -0.25) is 0 Å². The molecule has 0 aliphatic rings. The van der Waals surface area contributed by atoms with Gasteiger partial charge < -0.3 is 14.7 Å². The first kappa shape index (κ1) is 13.6. The van der Waals surface area contributed by atoms with Crippen molar-refractivity contribution < 1.29 is 13.2 Å². The molecule has 0 saturated carbocycles. The minimum Gasteiger partial charge on any atom is -0.466 e. The highest BCUT2D eigenvalue weighted by molar-refractivity contribution is 5.79. The maximum absolute atomic E-state index is 13.8. The molecule has 0 spiro atoms. The molecular weight excluding hydrogens is 276 g/mol. The van der Waals surface area contributed by atoms with Crippen LogP contribution in [0.3, 0.4) is 0 Å². The zero-order valence-electron chi connectivity index (χ0n) is 11.9. The van der Waals surface area contributed by atoms with Crippen LogP contribution in [-0.4, -0.2) is 9.55 Å². The van der Waals surface area contributed by atoms with Gasteiger partial charge in [0.25, 0.3) is 0 Å². The highest BCUT2D eigenvalue weighted by Gasteiger charge is 2.21. The summed E-state index contributed by atoms with van der Waals surface area (Å²) in [6.07, 6.45) is 0. The molecule has 2 aromatic heterocycles. The van der Waals surface area contributed by atoms with Crippen LogP contribution < -0.4 is 5.73 Å². The van der Waals surface area contributed by atoms with Crippen molar-refractivity contribution in [1.82, 2.24) is 9.55 Å². The van der Waals surface area contributed by atoms with E-state index in [9.17, 15) is 8.78 Å². The normalized spacial score (nSPS) is 13.0. The van der Waals surface area contributed by atoms with E-state index in [0.717, 1.165) is 23.2 Å². The molecule has 1 unspecified atom stereocenters. The molecule has 0 saturated heterocycles. The summed E-state index contributed by atoms with van der Waals surface area (Å²) in [6, 6.07) is 3.69. The third kappa shape index (κ3) is 2.07. The van der Waals surface area contributed by atoms with Crippen LogP contribution in [0.2, 0.25) is 0 Å². The third-order valence-electron chi connectivity index (χ3n) is 3.66. The number of nitrogens with two attached hydrogens (primary N) is 1. The highest BCUT2D eigenvalue weighted by Crippen LogP contribution is 2.31. The Morgan fingerprint density at radius 2 is 1.95 bits per heavy atom. The molecule has 2 N–H and O–H groups in total. The number of imidazole rings is 1. The summed E-state index contributed by atoms with van der Waals surface area (Å²) >= 11 is 0. The molecule has 2 heterocycles. The van der Waals surface area contributed by atoms with Crippen molar-refractivity contribution in [3.8, 4) is 0 Å². The second-order valence-electron chi connectivity index (χ2n) is 5.14. The summed E-state index contributed by atoms with van der Waals surface area (Å²) in [7, 11) is 0. The highest BCUT2D eigenvalue weighted by atomic mass is 19.1. The number of halogens is 2. The van der Waals surface area contributed by atoms with Crippen molar-refractivity contribution in [1.29, 1.82) is 0 Å². The minimum absolute atomic E-state index is 0.0682. The molecule has 21 heavy (non-hydrogen) atoms. The first-order valence-electron chi connectivity index (χ1n) is 6.58. The molecule has 0 bridgehead atoms. The van der Waals surface area contributed by atoms with Crippen LogP contribution in [0.15, 0.2) is 22.6 Å². The number of furan rings is 1. The van der Waals surface area contributed by atoms with Gasteiger partial charge >= 0.3 is 0 Å². The van der Waals surface area contributed by atoms with Gasteiger partial charge in [-0.1, -0.05) is 0 Å². The summed E-state index contributed by atoms with van der Waals surface area (Å²) < 4.78 is 34.4. The standard InChI is InChI=1S/C15H15F2N3O/c1-7-4-11(9(3)21-7)8(2)20-13-6-10(16)5-12(17)14(13)19-15(20)18/h4-6,8H,1-3H3,(H2,18,19). The minimum atomic E-state index is -0.720. The number of aromatic nitrogens is 2. The van der Waals surface area contributed by atoms with Crippen LogP contribution in [0.5, 0.6) is 0 Å². The largest absolute Gasteiger partial charge is 0.466 e. The van der Waals surface area contributed by atoms with Gasteiger partial charge in [0.1, 0.15) is 22.9 Å². The molecule has 6 heteroatoms. The van der Waals surface area contributed by atoms with E-state index in [4.69, 9.17) is 10.2 Å². The van der Waals surface area contributed by atoms with E-state index in [1.165, 1.54) is 6.07 Å². The predicted octanol–water partition coefficient (Wildman–Crippen LogP) is 3.72. The number of aryl methyl sites for hydroxylation is 2. The van der Waals surface area contributed by atoms with Crippen molar-refractivity contribution in [2.45, 2.75) is 26.8 Å². The Morgan fingerprint density at radius 1 is 1.24 bits per heavy atom. The molecule has 0 radical (unpaired) electrons. The summed E-state index contributed by atoms with van der Waals surface area (Å²) in [5.41, 5.74) is 7.20. The fourth-order valence-corrected chi connectivity index (χ4v) is 2.75. The van der Waals surface area contributed by atoms with E-state index < -0.39 is 11.6 Å². The number of hydrogen-bond acceptors (Lipinski definition) is 3. The van der Waals surface area contributed by atoms with Gasteiger partial charge in [-0.15, -0.1) is 0 Å². The molecule has 3 aromatic rings. The van der Waals surface area contributed by atoms with Crippen LogP contribution in [0.4, 0.5) is 14.7 Å². The van der Waals surface area contributed by atoms with Gasteiger partial charge in [0.2, 0.25) is 5.95 Å². The van der Waals surface area contributed by atoms with Crippen molar-refractivity contribution in [2.75, 3.05) is 5.73 Å². The van der Waals surface area contributed by atoms with Crippen LogP contribution in [-0.2, 0) is 0 Å². The SMILES string of the molecule is Cc1cc(C(C)n2c(N)nc3c(F)cc(F)cc32)c(C)o1. The Morgan fingerprint density at radius 3 is 2.57 bits per heavy atom. The molecule has 0 amide bonds. The molecule has 0 fully saturated rings. The molecule has 0 aliphatic carbocycles. The monoisotopic (exact) mass is 291 g/mol. The molecule has 4 nitrogen and oxygen atoms in total. The van der Waals surface area contributed by atoms with Crippen LogP contribution in [0.1, 0.15) is 30.0 Å². The Hall–Kier alpha value is -2.37. The van der Waals surface area contributed by atoms with Crippen molar-refractivity contribution in [3.63, 3.8) is 0 Å². The van der Waals surface area contributed by atoms with Crippen LogP contribution in [0, 0.1) is 25.5 Å². The Bertz CT molecular complexity index is 835. The average Bonchev–Trinajstić information content (AvgIpc) is 2.88.